The molecular formula is C21H21N3O3S. The lowest BCUT2D eigenvalue weighted by atomic mass is 10.2. The zero-order chi connectivity index (χ0) is 19.9. The first-order chi connectivity index (χ1) is 13.6. The fourth-order valence-electron chi connectivity index (χ4n) is 2.61. The van der Waals surface area contributed by atoms with Gasteiger partial charge in [0.05, 0.1) is 35.7 Å². The number of anilines is 2. The van der Waals surface area contributed by atoms with Crippen LogP contribution in [-0.4, -0.2) is 36.8 Å². The minimum Gasteiger partial charge on any atom is -0.469 e. The summed E-state index contributed by atoms with van der Waals surface area (Å²) < 4.78 is 4.77. The maximum atomic E-state index is 12.6. The fourth-order valence-corrected chi connectivity index (χ4v) is 3.46. The molecule has 2 aromatic carbocycles. The number of para-hydroxylation sites is 3. The molecule has 0 saturated heterocycles. The zero-order valence-corrected chi connectivity index (χ0v) is 16.5. The van der Waals surface area contributed by atoms with E-state index in [9.17, 15) is 9.59 Å². The molecule has 0 saturated carbocycles. The van der Waals surface area contributed by atoms with Gasteiger partial charge < -0.3 is 15.0 Å². The number of thioether (sulfide) groups is 1. The van der Waals surface area contributed by atoms with E-state index in [0.29, 0.717) is 10.7 Å². The van der Waals surface area contributed by atoms with Gasteiger partial charge in [0.15, 0.2) is 0 Å². The summed E-state index contributed by atoms with van der Waals surface area (Å²) in [5, 5.41) is 3.89. The number of carbonyl (C=O) groups excluding carboxylic acids is 2. The Labute approximate surface area is 168 Å². The number of carbonyl (C=O) groups is 2. The Bertz CT molecular complexity index is 926. The predicted octanol–water partition coefficient (Wildman–Crippen LogP) is 3.99. The smallest absolute Gasteiger partial charge is 0.311 e. The predicted molar refractivity (Wildman–Crippen MR) is 114 cm³/mol. The van der Waals surface area contributed by atoms with Crippen molar-refractivity contribution < 1.29 is 14.3 Å². The zero-order valence-electron chi connectivity index (χ0n) is 15.7. The normalized spacial score (nSPS) is 12.6. The highest BCUT2D eigenvalue weighted by Crippen LogP contribution is 2.31. The molecule has 28 heavy (non-hydrogen) atoms. The van der Waals surface area contributed by atoms with E-state index in [-0.39, 0.29) is 24.1 Å². The lowest BCUT2D eigenvalue weighted by molar-refractivity contribution is -0.139. The molecule has 0 spiro atoms. The number of rotatable bonds is 5. The van der Waals surface area contributed by atoms with Crippen molar-refractivity contribution in [2.75, 3.05) is 30.1 Å². The first kappa shape index (κ1) is 19.7. The number of amides is 1. The molecule has 1 aliphatic rings. The van der Waals surface area contributed by atoms with Crippen LogP contribution in [0.15, 0.2) is 71.4 Å². The van der Waals surface area contributed by atoms with Gasteiger partial charge in [-0.05, 0) is 30.3 Å². The van der Waals surface area contributed by atoms with Crippen LogP contribution >= 0.6 is 11.8 Å². The molecule has 7 heteroatoms. The van der Waals surface area contributed by atoms with Gasteiger partial charge >= 0.3 is 5.97 Å². The molecule has 1 aliphatic heterocycles. The number of hydrogen-bond acceptors (Lipinski definition) is 6. The highest BCUT2D eigenvalue weighted by atomic mass is 32.2. The van der Waals surface area contributed by atoms with Crippen LogP contribution in [-0.2, 0) is 14.3 Å². The van der Waals surface area contributed by atoms with Crippen molar-refractivity contribution in [1.82, 2.24) is 0 Å². The highest BCUT2D eigenvalue weighted by molar-refractivity contribution is 8.14. The molecule has 144 valence electrons. The van der Waals surface area contributed by atoms with E-state index in [1.165, 1.54) is 18.9 Å². The van der Waals surface area contributed by atoms with Crippen LogP contribution in [0.3, 0.4) is 0 Å². The summed E-state index contributed by atoms with van der Waals surface area (Å²) >= 11 is 1.33. The van der Waals surface area contributed by atoms with Crippen LogP contribution < -0.4 is 10.2 Å². The largest absolute Gasteiger partial charge is 0.469 e. The second kappa shape index (κ2) is 9.23. The molecule has 0 radical (unpaired) electrons. The van der Waals surface area contributed by atoms with Crippen molar-refractivity contribution in [1.29, 1.82) is 0 Å². The molecule has 1 N–H and O–H groups in total. The molecule has 3 rings (SSSR count). The van der Waals surface area contributed by atoms with Gasteiger partial charge in [-0.25, -0.2) is 4.99 Å². The molecular weight excluding hydrogens is 374 g/mol. The molecule has 0 atom stereocenters. The van der Waals surface area contributed by atoms with Crippen LogP contribution in [0.2, 0.25) is 0 Å². The third-order valence-corrected chi connectivity index (χ3v) is 5.05. The molecule has 2 aromatic rings. The van der Waals surface area contributed by atoms with Crippen LogP contribution in [0.4, 0.5) is 17.1 Å². The Balaban J connectivity index is 1.76. The molecule has 0 aliphatic carbocycles. The van der Waals surface area contributed by atoms with Gasteiger partial charge in [-0.1, -0.05) is 42.1 Å². The summed E-state index contributed by atoms with van der Waals surface area (Å²) in [7, 11) is 3.11. The van der Waals surface area contributed by atoms with E-state index in [1.54, 1.807) is 18.0 Å². The maximum absolute atomic E-state index is 12.6. The lowest BCUT2D eigenvalue weighted by Gasteiger charge is -2.16. The summed E-state index contributed by atoms with van der Waals surface area (Å²) in [6.45, 7) is 0. The summed E-state index contributed by atoms with van der Waals surface area (Å²) in [5.74, 6) is -0.149. The number of benzene rings is 2. The third kappa shape index (κ3) is 5.01. The Hall–Kier alpha value is -3.06. The second-order valence-electron chi connectivity index (χ2n) is 6.09. The number of aliphatic imine (C=N–C) groups is 1. The van der Waals surface area contributed by atoms with Crippen LogP contribution in [0, 0.1) is 0 Å². The third-order valence-electron chi connectivity index (χ3n) is 4.15. The van der Waals surface area contributed by atoms with Crippen molar-refractivity contribution in [2.45, 2.75) is 6.42 Å². The minimum atomic E-state index is -0.345. The van der Waals surface area contributed by atoms with E-state index in [2.05, 4.69) is 10.3 Å². The Morgan fingerprint density at radius 2 is 1.82 bits per heavy atom. The highest BCUT2D eigenvalue weighted by Gasteiger charge is 2.16. The Morgan fingerprint density at radius 1 is 1.11 bits per heavy atom. The minimum absolute atomic E-state index is 0.0349. The molecule has 0 bridgehead atoms. The number of nitrogens with zero attached hydrogens (tertiary/aromatic N) is 2. The SMILES string of the molecule is COC(=O)CC1=CC(SCC(=O)N(C)c2ccccc2)=Nc2ccccc2N1. The second-order valence-corrected chi connectivity index (χ2v) is 7.09. The van der Waals surface area contributed by atoms with Crippen molar-refractivity contribution in [2.24, 2.45) is 4.99 Å². The van der Waals surface area contributed by atoms with Gasteiger partial charge in [0.25, 0.3) is 0 Å². The van der Waals surface area contributed by atoms with Crippen LogP contribution in [0.1, 0.15) is 6.42 Å². The Morgan fingerprint density at radius 3 is 2.57 bits per heavy atom. The number of fused-ring (bicyclic) bond motifs is 1. The van der Waals surface area contributed by atoms with Crippen molar-refractivity contribution >= 4 is 45.7 Å². The van der Waals surface area contributed by atoms with Crippen molar-refractivity contribution in [3.63, 3.8) is 0 Å². The first-order valence-corrected chi connectivity index (χ1v) is 9.72. The molecule has 1 heterocycles. The number of nitrogens with one attached hydrogen (secondary N) is 1. The maximum Gasteiger partial charge on any atom is 0.311 e. The topological polar surface area (TPSA) is 71.0 Å². The molecule has 6 nitrogen and oxygen atoms in total. The monoisotopic (exact) mass is 395 g/mol. The van der Waals surface area contributed by atoms with E-state index in [0.717, 1.165) is 17.1 Å². The fraction of sp³-hybridized carbons (Fsp3) is 0.190. The van der Waals surface area contributed by atoms with E-state index in [1.807, 2.05) is 54.6 Å². The summed E-state index contributed by atoms with van der Waals surface area (Å²) in [6, 6.07) is 17.1. The molecule has 1 amide bonds. The summed E-state index contributed by atoms with van der Waals surface area (Å²) in [4.78, 5) is 30.5. The van der Waals surface area contributed by atoms with Crippen LogP contribution in [0.25, 0.3) is 0 Å². The van der Waals surface area contributed by atoms with Gasteiger partial charge in [-0.15, -0.1) is 0 Å². The summed E-state index contributed by atoms with van der Waals surface area (Å²) in [5.41, 5.74) is 3.07. The van der Waals surface area contributed by atoms with Gasteiger partial charge in [0.2, 0.25) is 5.91 Å². The summed E-state index contributed by atoms with van der Waals surface area (Å²) in [6.07, 6.45) is 1.89. The van der Waals surface area contributed by atoms with Gasteiger partial charge in [-0.3, -0.25) is 9.59 Å². The van der Waals surface area contributed by atoms with Gasteiger partial charge in [0, 0.05) is 18.4 Å². The lowest BCUT2D eigenvalue weighted by Crippen LogP contribution is -2.28. The Kier molecular flexibility index (Phi) is 6.49. The standard InChI is InChI=1S/C21H21N3O3S/c1-24(16-8-4-3-5-9-16)20(25)14-28-19-12-15(13-21(26)27-2)22-17-10-6-7-11-18(17)23-19/h3-12,22H,13-14H2,1-2H3. The van der Waals surface area contributed by atoms with Crippen molar-refractivity contribution in [3.05, 3.63) is 66.4 Å². The molecule has 0 unspecified atom stereocenters. The molecule has 0 aromatic heterocycles. The van der Waals surface area contributed by atoms with Gasteiger partial charge in [-0.2, -0.15) is 0 Å². The van der Waals surface area contributed by atoms with E-state index < -0.39 is 0 Å². The van der Waals surface area contributed by atoms with Crippen molar-refractivity contribution in [3.8, 4) is 0 Å². The quantitative estimate of drug-likeness (QED) is 0.776. The number of hydrogen-bond donors (Lipinski definition) is 1. The molecule has 0 fully saturated rings. The van der Waals surface area contributed by atoms with Crippen LogP contribution in [0.5, 0.6) is 0 Å². The first-order valence-electron chi connectivity index (χ1n) is 8.73. The average Bonchev–Trinajstić information content (AvgIpc) is 2.90. The number of methoxy groups -OCH3 is 1. The van der Waals surface area contributed by atoms with E-state index >= 15 is 0 Å². The van der Waals surface area contributed by atoms with Gasteiger partial charge in [0.1, 0.15) is 0 Å². The number of ether oxygens (including phenoxy) is 1. The average molecular weight is 395 g/mol. The number of esters is 1. The van der Waals surface area contributed by atoms with E-state index in [4.69, 9.17) is 4.74 Å².